The molecule has 0 spiro atoms. The van der Waals surface area contributed by atoms with Crippen LogP contribution in [0.2, 0.25) is 0 Å². The zero-order valence-corrected chi connectivity index (χ0v) is 11.3. The minimum absolute atomic E-state index is 0.140. The molecule has 1 rings (SSSR count). The molecule has 0 aliphatic carbocycles. The van der Waals surface area contributed by atoms with Crippen molar-refractivity contribution in [2.45, 2.75) is 18.7 Å². The molecule has 0 radical (unpaired) electrons. The highest BCUT2D eigenvalue weighted by molar-refractivity contribution is 7.89. The Morgan fingerprint density at radius 3 is 2.65 bits per heavy atom. The predicted octanol–water partition coefficient (Wildman–Crippen LogP) is 0.0255. The van der Waals surface area contributed by atoms with Crippen molar-refractivity contribution in [3.05, 3.63) is 12.4 Å². The van der Waals surface area contributed by atoms with E-state index in [0.29, 0.717) is 19.6 Å². The zero-order valence-electron chi connectivity index (χ0n) is 10.5. The molecule has 0 aliphatic rings. The summed E-state index contributed by atoms with van der Waals surface area (Å²) in [5.74, 6) is 0.140. The average Bonchev–Trinajstić information content (AvgIpc) is 2.72. The Hall–Kier alpha value is -0.920. The van der Waals surface area contributed by atoms with Gasteiger partial charge in [-0.05, 0) is 12.5 Å². The van der Waals surface area contributed by atoms with Crippen molar-refractivity contribution in [1.82, 2.24) is 14.1 Å². The molecular formula is C10H20N4O2S. The molecule has 0 saturated carbocycles. The van der Waals surface area contributed by atoms with Crippen LogP contribution in [0, 0.1) is 5.92 Å². The van der Waals surface area contributed by atoms with Crippen LogP contribution < -0.4 is 5.73 Å². The maximum Gasteiger partial charge on any atom is 0.246 e. The summed E-state index contributed by atoms with van der Waals surface area (Å²) in [6.45, 7) is 5.09. The van der Waals surface area contributed by atoms with Gasteiger partial charge in [0, 0.05) is 26.3 Å². The summed E-state index contributed by atoms with van der Waals surface area (Å²) in [6, 6.07) is 0. The predicted molar refractivity (Wildman–Crippen MR) is 65.9 cm³/mol. The highest BCUT2D eigenvalue weighted by Gasteiger charge is 2.25. The van der Waals surface area contributed by atoms with E-state index in [9.17, 15) is 8.42 Å². The van der Waals surface area contributed by atoms with Gasteiger partial charge < -0.3 is 5.73 Å². The van der Waals surface area contributed by atoms with Crippen molar-refractivity contribution in [3.63, 3.8) is 0 Å². The third-order valence-electron chi connectivity index (χ3n) is 2.59. The summed E-state index contributed by atoms with van der Waals surface area (Å²) >= 11 is 0. The molecule has 0 aliphatic heterocycles. The van der Waals surface area contributed by atoms with E-state index < -0.39 is 10.0 Å². The molecule has 0 amide bonds. The van der Waals surface area contributed by atoms with Gasteiger partial charge in [0.15, 0.2) is 0 Å². The van der Waals surface area contributed by atoms with Crippen molar-refractivity contribution in [3.8, 4) is 0 Å². The standard InChI is InChI=1S/C10H20N4O2S/c1-4-14(7-9(2)5-11)17(15,16)10-6-12-13(3)8-10/h6,8-9H,4-5,7,11H2,1-3H3. The van der Waals surface area contributed by atoms with E-state index in [0.717, 1.165) is 0 Å². The lowest BCUT2D eigenvalue weighted by Crippen LogP contribution is -2.36. The normalized spacial score (nSPS) is 14.2. The Bertz CT molecular complexity index is 455. The maximum atomic E-state index is 12.3. The fourth-order valence-electron chi connectivity index (χ4n) is 1.50. The van der Waals surface area contributed by atoms with Crippen molar-refractivity contribution in [2.24, 2.45) is 18.7 Å². The maximum absolute atomic E-state index is 12.3. The minimum atomic E-state index is -3.44. The first-order valence-electron chi connectivity index (χ1n) is 5.60. The fraction of sp³-hybridized carbons (Fsp3) is 0.700. The van der Waals surface area contributed by atoms with Crippen LogP contribution in [0.3, 0.4) is 0 Å². The van der Waals surface area contributed by atoms with Crippen LogP contribution in [0.4, 0.5) is 0 Å². The van der Waals surface area contributed by atoms with E-state index in [-0.39, 0.29) is 10.8 Å². The van der Waals surface area contributed by atoms with Crippen LogP contribution in [-0.4, -0.2) is 42.1 Å². The second-order valence-corrected chi connectivity index (χ2v) is 6.08. The summed E-state index contributed by atoms with van der Waals surface area (Å²) in [4.78, 5) is 0.228. The molecule has 0 aromatic carbocycles. The lowest BCUT2D eigenvalue weighted by molar-refractivity contribution is 0.371. The molecule has 2 N–H and O–H groups in total. The van der Waals surface area contributed by atoms with Gasteiger partial charge in [-0.25, -0.2) is 8.42 Å². The quantitative estimate of drug-likeness (QED) is 0.782. The minimum Gasteiger partial charge on any atom is -0.330 e. The van der Waals surface area contributed by atoms with E-state index in [1.807, 2.05) is 13.8 Å². The van der Waals surface area contributed by atoms with E-state index in [1.54, 1.807) is 7.05 Å². The Labute approximate surface area is 102 Å². The Morgan fingerprint density at radius 1 is 1.59 bits per heavy atom. The van der Waals surface area contributed by atoms with Gasteiger partial charge >= 0.3 is 0 Å². The molecule has 1 aromatic heterocycles. The summed E-state index contributed by atoms with van der Waals surface area (Å²) < 4.78 is 27.4. The zero-order chi connectivity index (χ0) is 13.1. The molecule has 17 heavy (non-hydrogen) atoms. The number of sulfonamides is 1. The summed E-state index contributed by atoms with van der Waals surface area (Å²) in [5.41, 5.74) is 5.52. The smallest absolute Gasteiger partial charge is 0.246 e. The van der Waals surface area contributed by atoms with Crippen LogP contribution in [-0.2, 0) is 17.1 Å². The van der Waals surface area contributed by atoms with Gasteiger partial charge in [-0.1, -0.05) is 13.8 Å². The van der Waals surface area contributed by atoms with Crippen molar-refractivity contribution in [1.29, 1.82) is 0 Å². The number of aromatic nitrogens is 2. The Morgan fingerprint density at radius 2 is 2.24 bits per heavy atom. The Balaban J connectivity index is 2.94. The summed E-state index contributed by atoms with van der Waals surface area (Å²) in [6.07, 6.45) is 2.87. The van der Waals surface area contributed by atoms with Gasteiger partial charge in [-0.15, -0.1) is 0 Å². The molecule has 1 unspecified atom stereocenters. The number of nitrogens with two attached hydrogens (primary N) is 1. The highest BCUT2D eigenvalue weighted by Crippen LogP contribution is 2.15. The number of rotatable bonds is 6. The molecule has 0 bridgehead atoms. The number of hydrogen-bond acceptors (Lipinski definition) is 4. The molecule has 7 heteroatoms. The molecule has 1 atom stereocenters. The number of hydrogen-bond donors (Lipinski definition) is 1. The van der Waals surface area contributed by atoms with Gasteiger partial charge in [-0.3, -0.25) is 4.68 Å². The average molecular weight is 260 g/mol. The van der Waals surface area contributed by atoms with Crippen LogP contribution in [0.15, 0.2) is 17.3 Å². The van der Waals surface area contributed by atoms with Crippen LogP contribution in [0.1, 0.15) is 13.8 Å². The number of nitrogens with zero attached hydrogens (tertiary/aromatic N) is 3. The number of aryl methyl sites for hydroxylation is 1. The first-order chi connectivity index (χ1) is 7.91. The van der Waals surface area contributed by atoms with E-state index in [1.165, 1.54) is 21.4 Å². The molecule has 6 nitrogen and oxygen atoms in total. The first-order valence-corrected chi connectivity index (χ1v) is 7.04. The largest absolute Gasteiger partial charge is 0.330 e. The van der Waals surface area contributed by atoms with Gasteiger partial charge in [0.25, 0.3) is 0 Å². The van der Waals surface area contributed by atoms with Gasteiger partial charge in [0.2, 0.25) is 10.0 Å². The second-order valence-electron chi connectivity index (χ2n) is 4.15. The fourth-order valence-corrected chi connectivity index (χ4v) is 3.06. The second kappa shape index (κ2) is 5.61. The molecule has 1 heterocycles. The van der Waals surface area contributed by atoms with E-state index >= 15 is 0 Å². The van der Waals surface area contributed by atoms with Gasteiger partial charge in [0.05, 0.1) is 6.20 Å². The Kier molecular flexibility index (Phi) is 4.67. The monoisotopic (exact) mass is 260 g/mol. The third kappa shape index (κ3) is 3.27. The lowest BCUT2D eigenvalue weighted by Gasteiger charge is -2.22. The third-order valence-corrected chi connectivity index (χ3v) is 4.48. The van der Waals surface area contributed by atoms with Crippen LogP contribution in [0.5, 0.6) is 0 Å². The van der Waals surface area contributed by atoms with Crippen molar-refractivity contribution in [2.75, 3.05) is 19.6 Å². The van der Waals surface area contributed by atoms with E-state index in [4.69, 9.17) is 5.73 Å². The van der Waals surface area contributed by atoms with Crippen LogP contribution in [0.25, 0.3) is 0 Å². The topological polar surface area (TPSA) is 81.2 Å². The van der Waals surface area contributed by atoms with Gasteiger partial charge in [0.1, 0.15) is 4.90 Å². The van der Waals surface area contributed by atoms with Crippen LogP contribution >= 0.6 is 0 Å². The SMILES string of the molecule is CCN(CC(C)CN)S(=O)(=O)c1cnn(C)c1. The van der Waals surface area contributed by atoms with Crippen molar-refractivity contribution >= 4 is 10.0 Å². The first kappa shape index (κ1) is 14.1. The molecule has 1 aromatic rings. The summed E-state index contributed by atoms with van der Waals surface area (Å²) in [5, 5.41) is 3.89. The molecule has 0 saturated heterocycles. The lowest BCUT2D eigenvalue weighted by atomic mass is 10.2. The highest BCUT2D eigenvalue weighted by atomic mass is 32.2. The molecule has 98 valence electrons. The van der Waals surface area contributed by atoms with E-state index in [2.05, 4.69) is 5.10 Å². The molecule has 0 fully saturated rings. The van der Waals surface area contributed by atoms with Gasteiger partial charge in [-0.2, -0.15) is 9.40 Å². The van der Waals surface area contributed by atoms with Crippen molar-refractivity contribution < 1.29 is 8.42 Å². The molecular weight excluding hydrogens is 240 g/mol. The summed E-state index contributed by atoms with van der Waals surface area (Å²) in [7, 11) is -1.75.